The second kappa shape index (κ2) is 9.83. The molecule has 4 rings (SSSR count). The van der Waals surface area contributed by atoms with Crippen LogP contribution in [0, 0.1) is 0 Å². The third-order valence-electron chi connectivity index (χ3n) is 5.16. The maximum atomic E-state index is 13.2. The lowest BCUT2D eigenvalue weighted by atomic mass is 10.2. The number of rotatable bonds is 6. The Bertz CT molecular complexity index is 994. The molecule has 0 aliphatic carbocycles. The second-order valence-corrected chi connectivity index (χ2v) is 7.86. The van der Waals surface area contributed by atoms with E-state index in [-0.39, 0.29) is 12.6 Å². The Hall–Kier alpha value is -3.06. The first-order chi connectivity index (χ1) is 15.1. The van der Waals surface area contributed by atoms with E-state index in [1.54, 1.807) is 29.2 Å². The van der Waals surface area contributed by atoms with E-state index in [2.05, 4.69) is 10.4 Å². The molecule has 2 aromatic carbocycles. The highest BCUT2D eigenvalue weighted by Gasteiger charge is 2.21. The Balaban J connectivity index is 1.58. The van der Waals surface area contributed by atoms with Gasteiger partial charge < -0.3 is 10.1 Å². The molecule has 8 heteroatoms. The summed E-state index contributed by atoms with van der Waals surface area (Å²) >= 11 is 5.96. The van der Waals surface area contributed by atoms with Gasteiger partial charge in [0.05, 0.1) is 13.2 Å². The lowest BCUT2D eigenvalue weighted by Gasteiger charge is -2.22. The summed E-state index contributed by atoms with van der Waals surface area (Å²) in [4.78, 5) is 19.5. The van der Waals surface area contributed by atoms with Crippen molar-refractivity contribution in [2.75, 3.05) is 16.8 Å². The smallest absolute Gasteiger partial charge is 0.326 e. The van der Waals surface area contributed by atoms with Gasteiger partial charge in [0.25, 0.3) is 0 Å². The van der Waals surface area contributed by atoms with Crippen molar-refractivity contribution in [2.45, 2.75) is 45.7 Å². The predicted molar refractivity (Wildman–Crippen MR) is 122 cm³/mol. The van der Waals surface area contributed by atoms with Crippen LogP contribution in [0.3, 0.4) is 0 Å². The summed E-state index contributed by atoms with van der Waals surface area (Å²) in [6.07, 6.45) is 4.35. The van der Waals surface area contributed by atoms with Crippen molar-refractivity contribution in [3.63, 3.8) is 0 Å². The van der Waals surface area contributed by atoms with Crippen LogP contribution in [-0.4, -0.2) is 27.4 Å². The largest absolute Gasteiger partial charge is 0.494 e. The third-order valence-corrected chi connectivity index (χ3v) is 5.41. The van der Waals surface area contributed by atoms with Gasteiger partial charge in [0.15, 0.2) is 5.82 Å². The zero-order chi connectivity index (χ0) is 21.6. The summed E-state index contributed by atoms with van der Waals surface area (Å²) in [7, 11) is 0. The molecule has 1 N–H and O–H groups in total. The number of nitrogens with zero attached hydrogens (tertiary/aromatic N) is 4. The number of carbonyl (C=O) groups is 1. The van der Waals surface area contributed by atoms with E-state index in [0.29, 0.717) is 23.1 Å². The van der Waals surface area contributed by atoms with E-state index in [1.807, 2.05) is 35.9 Å². The SMILES string of the molecule is CCOc1ccc(N(Cc2nc3n(n2)CCCCC3)C(=O)Nc2ccc(Cl)cc2)cc1. The fourth-order valence-electron chi connectivity index (χ4n) is 3.61. The molecule has 1 aliphatic rings. The van der Waals surface area contributed by atoms with Crippen molar-refractivity contribution < 1.29 is 9.53 Å². The molecule has 162 valence electrons. The molecule has 0 unspecified atom stereocenters. The highest BCUT2D eigenvalue weighted by molar-refractivity contribution is 6.30. The maximum Gasteiger partial charge on any atom is 0.326 e. The zero-order valence-corrected chi connectivity index (χ0v) is 18.3. The van der Waals surface area contributed by atoms with Crippen molar-refractivity contribution in [1.82, 2.24) is 14.8 Å². The van der Waals surface area contributed by atoms with Crippen LogP contribution >= 0.6 is 11.6 Å². The molecule has 1 aromatic heterocycles. The number of hydrogen-bond acceptors (Lipinski definition) is 4. The summed E-state index contributed by atoms with van der Waals surface area (Å²) < 4.78 is 7.52. The first kappa shape index (κ1) is 21.2. The van der Waals surface area contributed by atoms with Gasteiger partial charge in [-0.05, 0) is 68.3 Å². The number of aromatic nitrogens is 3. The van der Waals surface area contributed by atoms with Gasteiger partial charge in [-0.2, -0.15) is 5.10 Å². The molecule has 0 saturated heterocycles. The number of amides is 2. The molecule has 0 radical (unpaired) electrons. The van der Waals surface area contributed by atoms with Gasteiger partial charge >= 0.3 is 6.03 Å². The number of halogens is 1. The Morgan fingerprint density at radius 2 is 1.90 bits per heavy atom. The van der Waals surface area contributed by atoms with Crippen LogP contribution in [0.25, 0.3) is 0 Å². The van der Waals surface area contributed by atoms with Gasteiger partial charge in [0.2, 0.25) is 0 Å². The fraction of sp³-hybridized carbons (Fsp3) is 0.348. The highest BCUT2D eigenvalue weighted by atomic mass is 35.5. The molecule has 2 heterocycles. The Labute approximate surface area is 187 Å². The lowest BCUT2D eigenvalue weighted by molar-refractivity contribution is 0.256. The first-order valence-corrected chi connectivity index (χ1v) is 11.0. The number of nitrogens with one attached hydrogen (secondary N) is 1. The number of fused-ring (bicyclic) bond motifs is 1. The summed E-state index contributed by atoms with van der Waals surface area (Å²) in [5, 5.41) is 8.22. The topological polar surface area (TPSA) is 72.3 Å². The molecule has 0 atom stereocenters. The Morgan fingerprint density at radius 3 is 2.65 bits per heavy atom. The van der Waals surface area contributed by atoms with E-state index in [9.17, 15) is 4.79 Å². The molecule has 7 nitrogen and oxygen atoms in total. The van der Waals surface area contributed by atoms with Gasteiger partial charge in [-0.25, -0.2) is 14.5 Å². The molecular weight excluding hydrogens is 414 g/mol. The average Bonchev–Trinajstić information content (AvgIpc) is 3.03. The van der Waals surface area contributed by atoms with E-state index in [4.69, 9.17) is 21.3 Å². The van der Waals surface area contributed by atoms with E-state index in [0.717, 1.165) is 43.1 Å². The van der Waals surface area contributed by atoms with Gasteiger partial charge in [0, 0.05) is 29.4 Å². The van der Waals surface area contributed by atoms with Crippen LogP contribution in [0.5, 0.6) is 5.75 Å². The van der Waals surface area contributed by atoms with Gasteiger partial charge in [-0.15, -0.1) is 0 Å². The standard InChI is InChI=1S/C23H26ClN5O2/c1-2-31-20-13-11-19(12-14-20)28(23(30)25-18-9-7-17(24)8-10-18)16-21-26-22-6-4-3-5-15-29(22)27-21/h7-14H,2-6,15-16H2,1H3,(H,25,30). The molecule has 0 spiro atoms. The lowest BCUT2D eigenvalue weighted by Crippen LogP contribution is -2.35. The molecule has 2 amide bonds. The number of hydrogen-bond donors (Lipinski definition) is 1. The molecular formula is C23H26ClN5O2. The van der Waals surface area contributed by atoms with Crippen molar-refractivity contribution in [2.24, 2.45) is 0 Å². The number of ether oxygens (including phenoxy) is 1. The minimum Gasteiger partial charge on any atom is -0.494 e. The van der Waals surface area contributed by atoms with Gasteiger partial charge in [-0.3, -0.25) is 4.90 Å². The van der Waals surface area contributed by atoms with Crippen molar-refractivity contribution in [3.05, 3.63) is 65.2 Å². The minimum atomic E-state index is -0.267. The minimum absolute atomic E-state index is 0.267. The fourth-order valence-corrected chi connectivity index (χ4v) is 3.74. The normalized spacial score (nSPS) is 13.2. The Morgan fingerprint density at radius 1 is 1.13 bits per heavy atom. The molecule has 0 bridgehead atoms. The van der Waals surface area contributed by atoms with Crippen molar-refractivity contribution in [3.8, 4) is 5.75 Å². The molecule has 0 fully saturated rings. The summed E-state index contributed by atoms with van der Waals surface area (Å²) in [5.41, 5.74) is 1.40. The van der Waals surface area contributed by atoms with Crippen LogP contribution in [0.1, 0.15) is 37.8 Å². The van der Waals surface area contributed by atoms with Gasteiger partial charge in [-0.1, -0.05) is 18.0 Å². The average molecular weight is 440 g/mol. The van der Waals surface area contributed by atoms with Crippen LogP contribution in [-0.2, 0) is 19.5 Å². The Kier molecular flexibility index (Phi) is 6.72. The van der Waals surface area contributed by atoms with E-state index in [1.165, 1.54) is 6.42 Å². The van der Waals surface area contributed by atoms with Crippen molar-refractivity contribution >= 4 is 29.0 Å². The maximum absolute atomic E-state index is 13.2. The second-order valence-electron chi connectivity index (χ2n) is 7.43. The van der Waals surface area contributed by atoms with Crippen LogP contribution in [0.2, 0.25) is 5.02 Å². The first-order valence-electron chi connectivity index (χ1n) is 10.6. The number of urea groups is 1. The number of benzene rings is 2. The van der Waals surface area contributed by atoms with E-state index >= 15 is 0 Å². The van der Waals surface area contributed by atoms with Crippen molar-refractivity contribution in [1.29, 1.82) is 0 Å². The zero-order valence-electron chi connectivity index (χ0n) is 17.6. The molecule has 31 heavy (non-hydrogen) atoms. The number of carbonyl (C=O) groups excluding carboxylic acids is 1. The number of anilines is 2. The summed E-state index contributed by atoms with van der Waals surface area (Å²) in [5.74, 6) is 2.39. The third kappa shape index (κ3) is 5.35. The summed E-state index contributed by atoms with van der Waals surface area (Å²) in [6, 6.07) is 14.2. The predicted octanol–water partition coefficient (Wildman–Crippen LogP) is 5.30. The van der Waals surface area contributed by atoms with Crippen LogP contribution in [0.15, 0.2) is 48.5 Å². The quantitative estimate of drug-likeness (QED) is 0.566. The van der Waals surface area contributed by atoms with Crippen LogP contribution < -0.4 is 15.0 Å². The molecule has 1 aliphatic heterocycles. The number of aryl methyl sites for hydroxylation is 2. The molecule has 3 aromatic rings. The van der Waals surface area contributed by atoms with E-state index < -0.39 is 0 Å². The summed E-state index contributed by atoms with van der Waals surface area (Å²) in [6.45, 7) is 3.67. The monoisotopic (exact) mass is 439 g/mol. The van der Waals surface area contributed by atoms with Gasteiger partial charge in [0.1, 0.15) is 11.6 Å². The molecule has 0 saturated carbocycles. The van der Waals surface area contributed by atoms with Crippen LogP contribution in [0.4, 0.5) is 16.2 Å². The highest BCUT2D eigenvalue weighted by Crippen LogP contribution is 2.23.